The summed E-state index contributed by atoms with van der Waals surface area (Å²) < 4.78 is 45.8. The topological polar surface area (TPSA) is 103 Å². The summed E-state index contributed by atoms with van der Waals surface area (Å²) in [7, 11) is 5.59. The fraction of sp³-hybridized carbons (Fsp3) is 0.963. The highest BCUT2D eigenvalue weighted by atomic mass is 19.4. The molecule has 0 bridgehead atoms. The van der Waals surface area contributed by atoms with Crippen LogP contribution in [0.4, 0.5) is 13.2 Å². The molecule has 10 nitrogen and oxygen atoms in total. The second-order valence-electron chi connectivity index (χ2n) is 13.2. The zero-order valence-corrected chi connectivity index (χ0v) is 24.2. The van der Waals surface area contributed by atoms with E-state index in [0.717, 1.165) is 38.8 Å². The number of likely N-dealkylation sites (N-methyl/N-ethyl adjacent to an activating group) is 2. The van der Waals surface area contributed by atoms with E-state index in [1.165, 1.54) is 12.8 Å². The molecule has 2 saturated carbocycles. The Balaban J connectivity index is 1.09. The lowest BCUT2D eigenvalue weighted by Crippen LogP contribution is -2.74. The molecule has 40 heavy (non-hydrogen) atoms. The molecule has 0 radical (unpaired) electrons. The van der Waals surface area contributed by atoms with Gasteiger partial charge in [-0.25, -0.2) is 0 Å². The Kier molecular flexibility index (Phi) is 8.03. The largest absolute Gasteiger partial charge is 0.405 e. The molecule has 4 heterocycles. The molecule has 6 N–H and O–H groups in total. The van der Waals surface area contributed by atoms with Crippen LogP contribution in [0, 0.1) is 29.1 Å². The molecule has 2 aliphatic carbocycles. The number of methoxy groups -OCH3 is 1. The van der Waals surface area contributed by atoms with Gasteiger partial charge in [0.2, 0.25) is 0 Å². The molecule has 0 amide bonds. The van der Waals surface area contributed by atoms with Crippen molar-refractivity contribution < 1.29 is 17.9 Å². The van der Waals surface area contributed by atoms with Gasteiger partial charge in [-0.1, -0.05) is 0 Å². The normalized spacial score (nSPS) is 45.3. The molecule has 9 unspecified atom stereocenters. The number of rotatable bonds is 6. The maximum atomic E-state index is 13.3. The molecule has 4 saturated heterocycles. The Labute approximate surface area is 236 Å². The number of alkyl halides is 3. The lowest BCUT2D eigenvalue weighted by atomic mass is 9.80. The number of ether oxygens (including phenoxy) is 1. The molecule has 0 spiro atoms. The van der Waals surface area contributed by atoms with E-state index in [1.54, 1.807) is 14.2 Å². The van der Waals surface area contributed by atoms with Crippen LogP contribution in [0.3, 0.4) is 0 Å². The van der Waals surface area contributed by atoms with Crippen LogP contribution in [-0.4, -0.2) is 117 Å². The van der Waals surface area contributed by atoms with E-state index >= 15 is 0 Å². The Morgan fingerprint density at radius 3 is 2.27 bits per heavy atom. The molecule has 0 aromatic rings. The third kappa shape index (κ3) is 5.47. The van der Waals surface area contributed by atoms with E-state index in [9.17, 15) is 13.2 Å². The second-order valence-corrected chi connectivity index (χ2v) is 13.2. The Morgan fingerprint density at radius 1 is 0.950 bits per heavy atom. The highest BCUT2D eigenvalue weighted by Crippen LogP contribution is 2.41. The average molecular weight is 572 g/mol. The summed E-state index contributed by atoms with van der Waals surface area (Å²) in [5.74, 6) is 2.08. The lowest BCUT2D eigenvalue weighted by Gasteiger charge is -2.49. The third-order valence-corrected chi connectivity index (χ3v) is 10.6. The van der Waals surface area contributed by atoms with Crippen molar-refractivity contribution in [2.24, 2.45) is 23.7 Å². The molecule has 6 rings (SSSR count). The fourth-order valence-corrected chi connectivity index (χ4v) is 8.25. The van der Waals surface area contributed by atoms with E-state index in [1.807, 2.05) is 11.9 Å². The predicted octanol–water partition coefficient (Wildman–Crippen LogP) is 0.887. The number of hydrogen-bond acceptors (Lipinski definition) is 8. The zero-order chi connectivity index (χ0) is 28.3. The van der Waals surface area contributed by atoms with E-state index in [2.05, 4.69) is 43.3 Å². The maximum absolute atomic E-state index is 13.3. The molecule has 0 aromatic carbocycles. The first-order valence-electron chi connectivity index (χ1n) is 15.2. The molecule has 6 fully saturated rings. The quantitative estimate of drug-likeness (QED) is 0.278. The van der Waals surface area contributed by atoms with Crippen molar-refractivity contribution in [2.75, 3.05) is 40.8 Å². The Hall–Kier alpha value is -1.22. The van der Waals surface area contributed by atoms with Crippen LogP contribution in [0.1, 0.15) is 45.4 Å². The Morgan fingerprint density at radius 2 is 1.65 bits per heavy atom. The first kappa shape index (κ1) is 28.9. The van der Waals surface area contributed by atoms with Gasteiger partial charge in [-0.05, 0) is 70.3 Å². The molecule has 4 aliphatic heterocycles. The van der Waals surface area contributed by atoms with E-state index < -0.39 is 12.2 Å². The van der Waals surface area contributed by atoms with Crippen LogP contribution in [0.25, 0.3) is 0 Å². The molecule has 0 aromatic heterocycles. The van der Waals surface area contributed by atoms with Gasteiger partial charge in [-0.15, -0.1) is 0 Å². The van der Waals surface area contributed by atoms with Gasteiger partial charge in [0.25, 0.3) is 0 Å². The number of hydrogen-bond donors (Lipinski definition) is 6. The van der Waals surface area contributed by atoms with Gasteiger partial charge in [0.15, 0.2) is 5.96 Å². The van der Waals surface area contributed by atoms with Crippen LogP contribution >= 0.6 is 0 Å². The minimum absolute atomic E-state index is 0.0196. The summed E-state index contributed by atoms with van der Waals surface area (Å²) in [4.78, 5) is 6.16. The SMILES string of the molecule is COC1NC(C)NC(C2CC2)C1C1NCC2C(N1)N(CC1CCC(C3NC(C(F)(F)F)CN3C)CC1)C(=N)N2C. The van der Waals surface area contributed by atoms with Gasteiger partial charge >= 0.3 is 6.18 Å². The third-order valence-electron chi connectivity index (χ3n) is 10.6. The highest BCUT2D eigenvalue weighted by molar-refractivity contribution is 5.80. The van der Waals surface area contributed by atoms with Crippen LogP contribution < -0.4 is 26.6 Å². The van der Waals surface area contributed by atoms with Crippen molar-refractivity contribution in [3.8, 4) is 0 Å². The minimum atomic E-state index is -4.21. The van der Waals surface area contributed by atoms with Crippen LogP contribution in [0.15, 0.2) is 0 Å². The van der Waals surface area contributed by atoms with Crippen molar-refractivity contribution in [3.63, 3.8) is 0 Å². The lowest BCUT2D eigenvalue weighted by molar-refractivity contribution is -0.150. The molecule has 9 atom stereocenters. The average Bonchev–Trinajstić information content (AvgIpc) is 3.66. The van der Waals surface area contributed by atoms with Crippen molar-refractivity contribution in [3.05, 3.63) is 0 Å². The zero-order valence-electron chi connectivity index (χ0n) is 24.2. The summed E-state index contributed by atoms with van der Waals surface area (Å²) in [5.41, 5.74) is 0. The second kappa shape index (κ2) is 11.1. The van der Waals surface area contributed by atoms with Crippen LogP contribution in [0.2, 0.25) is 0 Å². The number of halogens is 3. The maximum Gasteiger partial charge on any atom is 0.405 e. The van der Waals surface area contributed by atoms with Crippen molar-refractivity contribution in [2.45, 2.75) is 101 Å². The van der Waals surface area contributed by atoms with Gasteiger partial charge in [-0.3, -0.25) is 36.9 Å². The summed E-state index contributed by atoms with van der Waals surface area (Å²) in [6.07, 6.45) is 2.07. The summed E-state index contributed by atoms with van der Waals surface area (Å²) >= 11 is 0. The van der Waals surface area contributed by atoms with Crippen molar-refractivity contribution >= 4 is 5.96 Å². The summed E-state index contributed by atoms with van der Waals surface area (Å²) in [6, 6.07) is -0.907. The van der Waals surface area contributed by atoms with Gasteiger partial charge in [0.1, 0.15) is 18.4 Å². The smallest absolute Gasteiger partial charge is 0.366 e. The van der Waals surface area contributed by atoms with Gasteiger partial charge < -0.3 is 14.5 Å². The summed E-state index contributed by atoms with van der Waals surface area (Å²) in [6.45, 7) is 3.76. The standard InChI is InChI=1S/C27H48F3N9O/c1-14-33-21(16-9-10-16)20(25(34-14)40-4)22-32-11-18-24(36-22)39(26(31)38(18)3)12-15-5-7-17(8-6-15)23-35-19(13-37(23)2)27(28,29)30/h14-25,31-36H,5-13H2,1-4H3. The summed E-state index contributed by atoms with van der Waals surface area (Å²) in [5, 5.41) is 26.8. The van der Waals surface area contributed by atoms with Gasteiger partial charge in [0, 0.05) is 45.8 Å². The first-order chi connectivity index (χ1) is 19.0. The molecule has 228 valence electrons. The van der Waals surface area contributed by atoms with Gasteiger partial charge in [-0.2, -0.15) is 13.2 Å². The number of nitrogens with zero attached hydrogens (tertiary/aromatic N) is 3. The Bertz CT molecular complexity index is 914. The van der Waals surface area contributed by atoms with Crippen molar-refractivity contribution in [1.82, 2.24) is 41.3 Å². The molecule has 13 heteroatoms. The monoisotopic (exact) mass is 571 g/mol. The first-order valence-corrected chi connectivity index (χ1v) is 15.2. The molecular formula is C27H48F3N9O. The molecule has 6 aliphatic rings. The van der Waals surface area contributed by atoms with E-state index in [-0.39, 0.29) is 55.3 Å². The van der Waals surface area contributed by atoms with Crippen LogP contribution in [0.5, 0.6) is 0 Å². The van der Waals surface area contributed by atoms with E-state index in [0.29, 0.717) is 23.8 Å². The van der Waals surface area contributed by atoms with Crippen LogP contribution in [-0.2, 0) is 4.74 Å². The van der Waals surface area contributed by atoms with Crippen molar-refractivity contribution in [1.29, 1.82) is 5.41 Å². The van der Waals surface area contributed by atoms with Gasteiger partial charge in [0.05, 0.1) is 24.5 Å². The number of nitrogens with one attached hydrogen (secondary N) is 6. The minimum Gasteiger partial charge on any atom is -0.366 e. The van der Waals surface area contributed by atoms with E-state index in [4.69, 9.17) is 10.1 Å². The fourth-order valence-electron chi connectivity index (χ4n) is 8.25. The number of guanidine groups is 1. The number of fused-ring (bicyclic) bond motifs is 1. The predicted molar refractivity (Wildman–Crippen MR) is 146 cm³/mol. The molecular weight excluding hydrogens is 523 g/mol. The highest BCUT2D eigenvalue weighted by Gasteiger charge is 2.53.